The average Bonchev–Trinajstić information content (AvgIpc) is 2.93. The molecular formula is C13H10BrN3O4. The van der Waals surface area contributed by atoms with Crippen LogP contribution in [-0.4, -0.2) is 38.2 Å². The van der Waals surface area contributed by atoms with Crippen LogP contribution in [0.1, 0.15) is 10.5 Å². The van der Waals surface area contributed by atoms with Crippen molar-refractivity contribution in [1.29, 1.82) is 0 Å². The second kappa shape index (κ2) is 4.14. The van der Waals surface area contributed by atoms with Gasteiger partial charge < -0.3 is 19.1 Å². The van der Waals surface area contributed by atoms with Crippen LogP contribution in [0.2, 0.25) is 0 Å². The molecule has 0 radical (unpaired) electrons. The second-order valence-electron chi connectivity index (χ2n) is 4.74. The largest absolute Gasteiger partial charge is 0.486 e. The Morgan fingerprint density at radius 2 is 2.00 bits per heavy atom. The molecule has 1 aromatic carbocycles. The molecule has 0 amide bonds. The maximum Gasteiger partial charge on any atom is 0.355 e. The molecule has 0 fully saturated rings. The number of carbonyl (C=O) groups is 1. The Labute approximate surface area is 126 Å². The van der Waals surface area contributed by atoms with Crippen molar-refractivity contribution in [2.45, 2.75) is 0 Å². The summed E-state index contributed by atoms with van der Waals surface area (Å²) in [5.74, 6) is 0.826. The Balaban J connectivity index is 2.11. The van der Waals surface area contributed by atoms with Crippen molar-refractivity contribution >= 4 is 38.7 Å². The number of aryl methyl sites for hydroxylation is 1. The highest BCUT2D eigenvalue weighted by Crippen LogP contribution is 2.36. The molecule has 108 valence electrons. The molecule has 1 aliphatic heterocycles. The molecule has 8 heteroatoms. The van der Waals surface area contributed by atoms with Gasteiger partial charge in [-0.2, -0.15) is 0 Å². The molecule has 2 aromatic heterocycles. The fourth-order valence-electron chi connectivity index (χ4n) is 2.60. The molecule has 4 rings (SSSR count). The lowest BCUT2D eigenvalue weighted by atomic mass is 10.2. The number of ether oxygens (including phenoxy) is 2. The third kappa shape index (κ3) is 1.59. The summed E-state index contributed by atoms with van der Waals surface area (Å²) >= 11 is 3.35. The smallest absolute Gasteiger partial charge is 0.355 e. The van der Waals surface area contributed by atoms with Crippen molar-refractivity contribution in [3.63, 3.8) is 0 Å². The van der Waals surface area contributed by atoms with Crippen molar-refractivity contribution in [2.75, 3.05) is 13.2 Å². The number of hydrogen-bond acceptors (Lipinski definition) is 4. The number of halogens is 1. The first-order chi connectivity index (χ1) is 10.1. The van der Waals surface area contributed by atoms with Crippen LogP contribution in [-0.2, 0) is 7.05 Å². The summed E-state index contributed by atoms with van der Waals surface area (Å²) in [6, 6.07) is 3.63. The average molecular weight is 352 g/mol. The van der Waals surface area contributed by atoms with Gasteiger partial charge in [-0.15, -0.1) is 0 Å². The highest BCUT2D eigenvalue weighted by Gasteiger charge is 2.24. The molecule has 0 bridgehead atoms. The summed E-state index contributed by atoms with van der Waals surface area (Å²) in [5.41, 5.74) is 1.64. The summed E-state index contributed by atoms with van der Waals surface area (Å²) in [7, 11) is 1.67. The van der Waals surface area contributed by atoms with E-state index in [0.717, 1.165) is 11.0 Å². The van der Waals surface area contributed by atoms with Crippen LogP contribution in [0.15, 0.2) is 16.7 Å². The van der Waals surface area contributed by atoms with Gasteiger partial charge >= 0.3 is 5.97 Å². The number of carboxylic acid groups (broad SMARTS) is 1. The maximum absolute atomic E-state index is 11.3. The fourth-order valence-corrected chi connectivity index (χ4v) is 3.38. The van der Waals surface area contributed by atoms with Crippen LogP contribution >= 0.6 is 15.9 Å². The molecule has 7 nitrogen and oxygen atoms in total. The number of benzene rings is 1. The monoisotopic (exact) mass is 351 g/mol. The highest BCUT2D eigenvalue weighted by molar-refractivity contribution is 9.10. The zero-order chi connectivity index (χ0) is 14.7. The first-order valence-corrected chi connectivity index (χ1v) is 7.06. The van der Waals surface area contributed by atoms with Crippen molar-refractivity contribution in [2.24, 2.45) is 7.05 Å². The molecule has 3 aromatic rings. The minimum Gasteiger partial charge on any atom is -0.486 e. The topological polar surface area (TPSA) is 78.0 Å². The predicted octanol–water partition coefficient (Wildman–Crippen LogP) is 2.06. The van der Waals surface area contributed by atoms with E-state index in [9.17, 15) is 9.90 Å². The Hall–Kier alpha value is -2.22. The third-order valence-electron chi connectivity index (χ3n) is 3.53. The van der Waals surface area contributed by atoms with Gasteiger partial charge in [0.2, 0.25) is 5.78 Å². The van der Waals surface area contributed by atoms with Gasteiger partial charge in [-0.25, -0.2) is 9.78 Å². The van der Waals surface area contributed by atoms with E-state index in [1.165, 1.54) is 4.57 Å². The van der Waals surface area contributed by atoms with E-state index in [1.54, 1.807) is 11.4 Å². The summed E-state index contributed by atoms with van der Waals surface area (Å²) in [5, 5.41) is 9.29. The van der Waals surface area contributed by atoms with Crippen molar-refractivity contribution < 1.29 is 19.4 Å². The molecule has 21 heavy (non-hydrogen) atoms. The lowest BCUT2D eigenvalue weighted by molar-refractivity contribution is 0.0685. The number of rotatable bonds is 1. The van der Waals surface area contributed by atoms with Crippen molar-refractivity contribution in [3.05, 3.63) is 22.4 Å². The van der Waals surface area contributed by atoms with Crippen molar-refractivity contribution in [3.8, 4) is 11.5 Å². The van der Waals surface area contributed by atoms with Crippen LogP contribution < -0.4 is 9.47 Å². The summed E-state index contributed by atoms with van der Waals surface area (Å²) in [4.78, 5) is 15.8. The molecular weight excluding hydrogens is 342 g/mol. The van der Waals surface area contributed by atoms with E-state index < -0.39 is 5.97 Å². The molecule has 1 aliphatic rings. The van der Waals surface area contributed by atoms with Crippen LogP contribution in [0.25, 0.3) is 16.8 Å². The maximum atomic E-state index is 11.3. The molecule has 0 unspecified atom stereocenters. The van der Waals surface area contributed by atoms with E-state index in [-0.39, 0.29) is 5.69 Å². The van der Waals surface area contributed by atoms with Gasteiger partial charge in [0.15, 0.2) is 17.2 Å². The number of imidazole rings is 2. The van der Waals surface area contributed by atoms with Crippen LogP contribution in [0.4, 0.5) is 0 Å². The predicted molar refractivity (Wildman–Crippen MR) is 77.3 cm³/mol. The fraction of sp³-hybridized carbons (Fsp3) is 0.231. The molecule has 0 saturated heterocycles. The van der Waals surface area contributed by atoms with E-state index in [0.29, 0.717) is 35.1 Å². The van der Waals surface area contributed by atoms with Gasteiger partial charge in [-0.1, -0.05) is 0 Å². The lowest BCUT2D eigenvalue weighted by Gasteiger charge is -2.17. The zero-order valence-electron chi connectivity index (χ0n) is 11.0. The normalized spacial score (nSPS) is 14.0. The van der Waals surface area contributed by atoms with Gasteiger partial charge in [0, 0.05) is 19.2 Å². The molecule has 1 N–H and O–H groups in total. The minimum atomic E-state index is -1.01. The molecule has 0 spiro atoms. The Morgan fingerprint density at radius 3 is 2.67 bits per heavy atom. The molecule has 0 saturated carbocycles. The van der Waals surface area contributed by atoms with Gasteiger partial charge in [-0.3, -0.25) is 4.40 Å². The van der Waals surface area contributed by atoms with E-state index >= 15 is 0 Å². The van der Waals surface area contributed by atoms with Crippen LogP contribution in [0.5, 0.6) is 11.5 Å². The number of hydrogen-bond donors (Lipinski definition) is 1. The van der Waals surface area contributed by atoms with Gasteiger partial charge in [0.05, 0.1) is 11.0 Å². The lowest BCUT2D eigenvalue weighted by Crippen LogP contribution is -2.15. The standard InChI is InChI=1S/C13H10BrN3O4/c1-16-10(12(18)19)11(14)17-7-5-9-8(20-2-3-21-9)4-6(7)15-13(16)17/h4-5H,2-3H2,1H3,(H,18,19). The summed E-state index contributed by atoms with van der Waals surface area (Å²) in [6.07, 6.45) is 0. The van der Waals surface area contributed by atoms with Gasteiger partial charge in [-0.05, 0) is 15.9 Å². The summed E-state index contributed by atoms with van der Waals surface area (Å²) < 4.78 is 14.8. The third-order valence-corrected chi connectivity index (χ3v) is 4.26. The van der Waals surface area contributed by atoms with E-state index in [4.69, 9.17) is 9.47 Å². The highest BCUT2D eigenvalue weighted by atomic mass is 79.9. The number of aromatic nitrogens is 3. The quantitative estimate of drug-likeness (QED) is 0.725. The molecule has 0 atom stereocenters. The summed E-state index contributed by atoms with van der Waals surface area (Å²) in [6.45, 7) is 1.01. The number of fused-ring (bicyclic) bond motifs is 4. The first kappa shape index (κ1) is 12.5. The van der Waals surface area contributed by atoms with Crippen molar-refractivity contribution in [1.82, 2.24) is 14.0 Å². The Morgan fingerprint density at radius 1 is 1.33 bits per heavy atom. The molecule has 0 aliphatic carbocycles. The van der Waals surface area contributed by atoms with Gasteiger partial charge in [0.25, 0.3) is 0 Å². The first-order valence-electron chi connectivity index (χ1n) is 6.27. The molecule has 3 heterocycles. The Bertz CT molecular complexity index is 912. The number of nitrogens with zero attached hydrogens (tertiary/aromatic N) is 3. The second-order valence-corrected chi connectivity index (χ2v) is 5.49. The van der Waals surface area contributed by atoms with E-state index in [2.05, 4.69) is 20.9 Å². The SMILES string of the molecule is Cn1c(C(=O)O)c(Br)n2c3cc4c(cc3nc12)OCCO4. The van der Waals surface area contributed by atoms with Crippen LogP contribution in [0.3, 0.4) is 0 Å². The van der Waals surface area contributed by atoms with Gasteiger partial charge in [0.1, 0.15) is 17.8 Å². The number of carboxylic acids is 1. The number of aromatic carboxylic acids is 1. The minimum absolute atomic E-state index is 0.147. The van der Waals surface area contributed by atoms with E-state index in [1.807, 2.05) is 12.1 Å². The zero-order valence-corrected chi connectivity index (χ0v) is 12.5. The Kier molecular flexibility index (Phi) is 2.47. The van der Waals surface area contributed by atoms with Crippen LogP contribution in [0, 0.1) is 0 Å².